The minimum atomic E-state index is 0.691. The lowest BCUT2D eigenvalue weighted by Gasteiger charge is -2.27. The molecule has 1 rings (SSSR count). The zero-order chi connectivity index (χ0) is 15.5. The topological polar surface area (TPSA) is 21.7 Å². The fraction of sp³-hybridized carbons (Fsp3) is 0.667. The first-order valence-corrected chi connectivity index (χ1v) is 8.41. The Morgan fingerprint density at radius 3 is 2.00 bits per heavy atom. The van der Waals surface area contributed by atoms with Gasteiger partial charge in [0, 0.05) is 19.2 Å². The van der Waals surface area contributed by atoms with Gasteiger partial charge in [-0.15, -0.1) is 0 Å². The monoisotopic (exact) mass is 293 g/mol. The molecule has 0 aromatic heterocycles. The van der Waals surface area contributed by atoms with Crippen molar-refractivity contribution < 1.29 is 9.47 Å². The Balaban J connectivity index is 3.00. The van der Waals surface area contributed by atoms with Gasteiger partial charge in [0.1, 0.15) is 11.5 Å². The standard InChI is InChI=1S/C18H31NO2/c1-5-9-13-19(14-10-6-2)17-15-16(20-7-3)11-12-18(17)21-8-4/h11-12,15H,5-10,13-14H2,1-4H3. The maximum Gasteiger partial charge on any atom is 0.142 e. The highest BCUT2D eigenvalue weighted by molar-refractivity contribution is 5.61. The number of benzene rings is 1. The van der Waals surface area contributed by atoms with Crippen molar-refractivity contribution in [1.82, 2.24) is 0 Å². The molecule has 0 spiro atoms. The van der Waals surface area contributed by atoms with E-state index in [-0.39, 0.29) is 0 Å². The molecule has 3 nitrogen and oxygen atoms in total. The Labute approximate surface area is 130 Å². The number of hydrogen-bond acceptors (Lipinski definition) is 3. The van der Waals surface area contributed by atoms with E-state index < -0.39 is 0 Å². The molecule has 21 heavy (non-hydrogen) atoms. The number of anilines is 1. The summed E-state index contributed by atoms with van der Waals surface area (Å²) in [4.78, 5) is 2.44. The maximum atomic E-state index is 5.81. The Hall–Kier alpha value is -1.38. The lowest BCUT2D eigenvalue weighted by atomic mass is 10.2. The summed E-state index contributed by atoms with van der Waals surface area (Å²) < 4.78 is 11.5. The molecule has 0 saturated carbocycles. The van der Waals surface area contributed by atoms with Gasteiger partial charge >= 0.3 is 0 Å². The molecule has 0 bridgehead atoms. The van der Waals surface area contributed by atoms with Crippen molar-refractivity contribution in [1.29, 1.82) is 0 Å². The minimum Gasteiger partial charge on any atom is -0.494 e. The third-order valence-corrected chi connectivity index (χ3v) is 3.45. The van der Waals surface area contributed by atoms with E-state index in [1.54, 1.807) is 0 Å². The second kappa shape index (κ2) is 10.4. The molecule has 120 valence electrons. The molecule has 0 aliphatic carbocycles. The van der Waals surface area contributed by atoms with Gasteiger partial charge in [0.15, 0.2) is 0 Å². The van der Waals surface area contributed by atoms with Gasteiger partial charge < -0.3 is 14.4 Å². The van der Waals surface area contributed by atoms with Crippen molar-refractivity contribution in [2.75, 3.05) is 31.2 Å². The van der Waals surface area contributed by atoms with Gasteiger partial charge in [-0.25, -0.2) is 0 Å². The highest BCUT2D eigenvalue weighted by Crippen LogP contribution is 2.33. The summed E-state index contributed by atoms with van der Waals surface area (Å²) in [5, 5.41) is 0. The van der Waals surface area contributed by atoms with E-state index in [0.717, 1.165) is 24.6 Å². The van der Waals surface area contributed by atoms with E-state index >= 15 is 0 Å². The van der Waals surface area contributed by atoms with E-state index in [9.17, 15) is 0 Å². The lowest BCUT2D eigenvalue weighted by Crippen LogP contribution is -2.26. The van der Waals surface area contributed by atoms with E-state index in [1.165, 1.54) is 31.4 Å². The molecule has 0 amide bonds. The summed E-state index contributed by atoms with van der Waals surface area (Å²) in [5.41, 5.74) is 1.17. The molecule has 0 N–H and O–H groups in total. The number of unbranched alkanes of at least 4 members (excludes halogenated alkanes) is 2. The first kappa shape index (κ1) is 17.7. The van der Waals surface area contributed by atoms with Gasteiger partial charge in [-0.1, -0.05) is 26.7 Å². The molecule has 0 unspecified atom stereocenters. The van der Waals surface area contributed by atoms with Crippen LogP contribution >= 0.6 is 0 Å². The summed E-state index contributed by atoms with van der Waals surface area (Å²) in [6.07, 6.45) is 4.82. The second-order valence-electron chi connectivity index (χ2n) is 5.19. The molecule has 0 aliphatic heterocycles. The van der Waals surface area contributed by atoms with Gasteiger partial charge in [0.05, 0.1) is 18.9 Å². The predicted molar refractivity (Wildman–Crippen MR) is 90.8 cm³/mol. The second-order valence-corrected chi connectivity index (χ2v) is 5.19. The van der Waals surface area contributed by atoms with Crippen molar-refractivity contribution in [3.63, 3.8) is 0 Å². The highest BCUT2D eigenvalue weighted by atomic mass is 16.5. The molecule has 1 aromatic carbocycles. The quantitative estimate of drug-likeness (QED) is 0.580. The minimum absolute atomic E-state index is 0.691. The molecular weight excluding hydrogens is 262 g/mol. The zero-order valence-corrected chi connectivity index (χ0v) is 14.2. The first-order chi connectivity index (χ1) is 10.3. The molecule has 1 aromatic rings. The average Bonchev–Trinajstić information content (AvgIpc) is 2.50. The lowest BCUT2D eigenvalue weighted by molar-refractivity contribution is 0.330. The molecule has 0 atom stereocenters. The number of nitrogens with zero attached hydrogens (tertiary/aromatic N) is 1. The van der Waals surface area contributed by atoms with Crippen LogP contribution in [-0.2, 0) is 0 Å². The maximum absolute atomic E-state index is 5.81. The number of ether oxygens (including phenoxy) is 2. The van der Waals surface area contributed by atoms with Crippen LogP contribution in [0.2, 0.25) is 0 Å². The summed E-state index contributed by atoms with van der Waals surface area (Å²) in [7, 11) is 0. The molecule has 0 radical (unpaired) electrons. The Morgan fingerprint density at radius 1 is 0.857 bits per heavy atom. The van der Waals surface area contributed by atoms with Crippen LogP contribution in [0.15, 0.2) is 18.2 Å². The van der Waals surface area contributed by atoms with Crippen molar-refractivity contribution >= 4 is 5.69 Å². The molecule has 0 heterocycles. The van der Waals surface area contributed by atoms with Crippen molar-refractivity contribution in [3.8, 4) is 11.5 Å². The van der Waals surface area contributed by atoms with Crippen LogP contribution in [0.5, 0.6) is 11.5 Å². The molecular formula is C18H31NO2. The summed E-state index contributed by atoms with van der Waals surface area (Å²) in [5.74, 6) is 1.89. The van der Waals surface area contributed by atoms with Crippen LogP contribution in [-0.4, -0.2) is 26.3 Å². The third kappa shape index (κ3) is 5.86. The van der Waals surface area contributed by atoms with Gasteiger partial charge in [-0.2, -0.15) is 0 Å². The van der Waals surface area contributed by atoms with Gasteiger partial charge in [-0.05, 0) is 38.8 Å². The van der Waals surface area contributed by atoms with Gasteiger partial charge in [0.2, 0.25) is 0 Å². The zero-order valence-electron chi connectivity index (χ0n) is 14.2. The van der Waals surface area contributed by atoms with Crippen LogP contribution in [0.1, 0.15) is 53.4 Å². The van der Waals surface area contributed by atoms with Crippen LogP contribution in [0.3, 0.4) is 0 Å². The molecule has 0 aliphatic rings. The fourth-order valence-corrected chi connectivity index (χ4v) is 2.33. The Bertz CT molecular complexity index is 385. The SMILES string of the molecule is CCCCN(CCCC)c1cc(OCC)ccc1OCC. The van der Waals surface area contributed by atoms with Crippen LogP contribution < -0.4 is 14.4 Å². The van der Waals surface area contributed by atoms with Crippen LogP contribution in [0.25, 0.3) is 0 Å². The predicted octanol–water partition coefficient (Wildman–Crippen LogP) is 4.89. The van der Waals surface area contributed by atoms with Crippen molar-refractivity contribution in [2.45, 2.75) is 53.4 Å². The Morgan fingerprint density at radius 2 is 1.48 bits per heavy atom. The van der Waals surface area contributed by atoms with E-state index in [2.05, 4.69) is 24.8 Å². The summed E-state index contributed by atoms with van der Waals surface area (Å²) in [6, 6.07) is 6.16. The summed E-state index contributed by atoms with van der Waals surface area (Å²) in [6.45, 7) is 12.0. The summed E-state index contributed by atoms with van der Waals surface area (Å²) >= 11 is 0. The number of hydrogen-bond donors (Lipinski definition) is 0. The largest absolute Gasteiger partial charge is 0.494 e. The fourth-order valence-electron chi connectivity index (χ4n) is 2.33. The highest BCUT2D eigenvalue weighted by Gasteiger charge is 2.13. The van der Waals surface area contributed by atoms with E-state index in [4.69, 9.17) is 9.47 Å². The van der Waals surface area contributed by atoms with E-state index in [1.807, 2.05) is 26.0 Å². The Kier molecular flexibility index (Phi) is 8.72. The third-order valence-electron chi connectivity index (χ3n) is 3.45. The van der Waals surface area contributed by atoms with Crippen LogP contribution in [0, 0.1) is 0 Å². The molecule has 0 saturated heterocycles. The molecule has 0 fully saturated rings. The van der Waals surface area contributed by atoms with Crippen LogP contribution in [0.4, 0.5) is 5.69 Å². The normalized spacial score (nSPS) is 10.5. The number of rotatable bonds is 11. The van der Waals surface area contributed by atoms with Crippen molar-refractivity contribution in [2.24, 2.45) is 0 Å². The molecule has 3 heteroatoms. The first-order valence-electron chi connectivity index (χ1n) is 8.41. The van der Waals surface area contributed by atoms with Crippen molar-refractivity contribution in [3.05, 3.63) is 18.2 Å². The van der Waals surface area contributed by atoms with E-state index in [0.29, 0.717) is 13.2 Å². The van der Waals surface area contributed by atoms with Gasteiger partial charge in [-0.3, -0.25) is 0 Å². The smallest absolute Gasteiger partial charge is 0.142 e. The average molecular weight is 293 g/mol. The van der Waals surface area contributed by atoms with Gasteiger partial charge in [0.25, 0.3) is 0 Å².